The van der Waals surface area contributed by atoms with Gasteiger partial charge in [-0.15, -0.1) is 0 Å². The van der Waals surface area contributed by atoms with Crippen LogP contribution in [0, 0.1) is 11.8 Å². The van der Waals surface area contributed by atoms with Gasteiger partial charge in [-0.2, -0.15) is 0 Å². The van der Waals surface area contributed by atoms with E-state index in [2.05, 4.69) is 47.7 Å². The molecule has 6 atom stereocenters. The Morgan fingerprint density at radius 2 is 1.82 bits per heavy atom. The maximum absolute atomic E-state index is 11.6. The topological polar surface area (TPSA) is 85.2 Å². The average Bonchev–Trinajstić information content (AvgIpc) is 3.00. The van der Waals surface area contributed by atoms with Gasteiger partial charge in [-0.3, -0.25) is 4.79 Å². The molecule has 34 heavy (non-hydrogen) atoms. The number of allylic oxidation sites excluding steroid dienone is 2. The van der Waals surface area contributed by atoms with Gasteiger partial charge >= 0.3 is 5.97 Å². The van der Waals surface area contributed by atoms with Gasteiger partial charge in [-0.05, 0) is 62.4 Å². The van der Waals surface area contributed by atoms with Crippen LogP contribution in [0.15, 0.2) is 24.5 Å². The summed E-state index contributed by atoms with van der Waals surface area (Å²) < 4.78 is 18.8. The Kier molecular flexibility index (Phi) is 10.4. The molecule has 0 radical (unpaired) electrons. The van der Waals surface area contributed by atoms with Gasteiger partial charge in [-0.25, -0.2) is 0 Å². The number of hydrogen-bond donors (Lipinski definition) is 2. The van der Waals surface area contributed by atoms with Gasteiger partial charge in [0.15, 0.2) is 8.32 Å². The van der Waals surface area contributed by atoms with Gasteiger partial charge in [0.2, 0.25) is 6.29 Å². The molecule has 1 aliphatic heterocycles. The third-order valence-electron chi connectivity index (χ3n) is 8.01. The zero-order valence-corrected chi connectivity index (χ0v) is 23.4. The first-order chi connectivity index (χ1) is 15.8. The van der Waals surface area contributed by atoms with Crippen LogP contribution in [0.1, 0.15) is 86.0 Å². The number of aliphatic carboxylic acids is 1. The molecular weight excluding hydrogens is 448 g/mol. The summed E-state index contributed by atoms with van der Waals surface area (Å²) in [6.07, 6.45) is 12.0. The van der Waals surface area contributed by atoms with Gasteiger partial charge < -0.3 is 24.1 Å². The molecule has 2 rings (SSSR count). The number of rotatable bonds is 13. The standard InChI is InChI=1S/C27H48O6Si/c1-8-9-11-15-27(5,33-34(6,7)26(2,3)4)16-14-20-21(18-24(29)30)22(28)19-23(20)32-25-13-10-12-17-31-25/h10,12-13,17,20-23,25,28H,8-9,11,14-16,18-19H2,1-7H3,(H,29,30)/t20-,21?,22-,23+,25+,27-/m0/s1. The quantitative estimate of drug-likeness (QED) is 0.226. The Hall–Kier alpha value is -1.15. The van der Waals surface area contributed by atoms with Crippen LogP contribution in [0.25, 0.3) is 0 Å². The van der Waals surface area contributed by atoms with Crippen molar-refractivity contribution >= 4 is 14.3 Å². The predicted molar refractivity (Wildman–Crippen MR) is 138 cm³/mol. The third kappa shape index (κ3) is 8.21. The number of aliphatic hydroxyl groups is 1. The van der Waals surface area contributed by atoms with E-state index in [0.29, 0.717) is 6.42 Å². The molecule has 1 aliphatic carbocycles. The summed E-state index contributed by atoms with van der Waals surface area (Å²) in [6.45, 7) is 15.8. The number of ether oxygens (including phenoxy) is 2. The molecule has 0 aromatic heterocycles. The molecule has 1 unspecified atom stereocenters. The van der Waals surface area contributed by atoms with Crippen molar-refractivity contribution in [1.29, 1.82) is 0 Å². The maximum atomic E-state index is 11.6. The summed E-state index contributed by atoms with van der Waals surface area (Å²) >= 11 is 0. The largest absolute Gasteiger partial charge is 0.481 e. The van der Waals surface area contributed by atoms with Crippen LogP contribution >= 0.6 is 0 Å². The molecule has 6 nitrogen and oxygen atoms in total. The summed E-state index contributed by atoms with van der Waals surface area (Å²) in [5, 5.41) is 20.4. The van der Waals surface area contributed by atoms with Crippen molar-refractivity contribution in [2.75, 3.05) is 0 Å². The monoisotopic (exact) mass is 496 g/mol. The van der Waals surface area contributed by atoms with E-state index in [0.717, 1.165) is 32.1 Å². The van der Waals surface area contributed by atoms with Crippen LogP contribution in [0.3, 0.4) is 0 Å². The molecular formula is C27H48O6Si. The second-order valence-corrected chi connectivity index (χ2v) is 16.7. The number of carboxylic acids is 1. The Labute approximate surface area is 207 Å². The highest BCUT2D eigenvalue weighted by molar-refractivity contribution is 6.74. The number of hydrogen-bond acceptors (Lipinski definition) is 5. The lowest BCUT2D eigenvalue weighted by Crippen LogP contribution is -2.49. The zero-order chi connectivity index (χ0) is 25.6. The fourth-order valence-electron chi connectivity index (χ4n) is 5.03. The van der Waals surface area contributed by atoms with Gasteiger partial charge in [0.05, 0.1) is 30.5 Å². The minimum Gasteiger partial charge on any atom is -0.481 e. The lowest BCUT2D eigenvalue weighted by Gasteiger charge is -2.45. The molecule has 2 N–H and O–H groups in total. The molecule has 0 aromatic carbocycles. The van der Waals surface area contributed by atoms with Gasteiger partial charge in [0.1, 0.15) is 0 Å². The minimum absolute atomic E-state index is 0.0530. The number of carboxylic acid groups (broad SMARTS) is 1. The van der Waals surface area contributed by atoms with E-state index in [1.807, 2.05) is 12.2 Å². The molecule has 196 valence electrons. The second-order valence-electron chi connectivity index (χ2n) is 11.9. The van der Waals surface area contributed by atoms with E-state index < -0.39 is 26.7 Å². The number of aliphatic hydroxyl groups excluding tert-OH is 1. The SMILES string of the molecule is CCCCC[C@@](C)(CC[C@H]1C(CC(=O)O)[C@@H](O)C[C@H]1O[C@@H]1C=CC=CO1)O[Si](C)(C)C(C)(C)C. The predicted octanol–water partition coefficient (Wildman–Crippen LogP) is 6.41. The van der Waals surface area contributed by atoms with E-state index in [9.17, 15) is 15.0 Å². The normalized spacial score (nSPS) is 29.1. The molecule has 1 fully saturated rings. The van der Waals surface area contributed by atoms with Crippen molar-refractivity contribution in [3.05, 3.63) is 24.5 Å². The molecule has 1 saturated carbocycles. The van der Waals surface area contributed by atoms with E-state index in [1.165, 1.54) is 6.42 Å². The highest BCUT2D eigenvalue weighted by atomic mass is 28.4. The fourth-order valence-corrected chi connectivity index (χ4v) is 6.77. The highest BCUT2D eigenvalue weighted by Crippen LogP contribution is 2.45. The van der Waals surface area contributed by atoms with Crippen molar-refractivity contribution < 1.29 is 28.9 Å². The van der Waals surface area contributed by atoms with Gasteiger partial charge in [0, 0.05) is 12.3 Å². The van der Waals surface area contributed by atoms with Crippen molar-refractivity contribution in [2.45, 2.75) is 128 Å². The lowest BCUT2D eigenvalue weighted by atomic mass is 9.82. The van der Waals surface area contributed by atoms with Crippen LogP contribution in [0.4, 0.5) is 0 Å². The van der Waals surface area contributed by atoms with Crippen LogP contribution in [0.5, 0.6) is 0 Å². The molecule has 7 heteroatoms. The first-order valence-corrected chi connectivity index (χ1v) is 15.9. The van der Waals surface area contributed by atoms with Crippen LogP contribution in [-0.2, 0) is 18.7 Å². The summed E-state index contributed by atoms with van der Waals surface area (Å²) in [7, 11) is -2.00. The maximum Gasteiger partial charge on any atom is 0.303 e. The Morgan fingerprint density at radius 1 is 1.12 bits per heavy atom. The van der Waals surface area contributed by atoms with Crippen molar-refractivity contribution in [3.63, 3.8) is 0 Å². The molecule has 0 saturated heterocycles. The Bertz CT molecular complexity index is 712. The van der Waals surface area contributed by atoms with Crippen molar-refractivity contribution in [2.24, 2.45) is 11.8 Å². The molecule has 0 amide bonds. The van der Waals surface area contributed by atoms with Crippen molar-refractivity contribution in [3.8, 4) is 0 Å². The van der Waals surface area contributed by atoms with Gasteiger partial charge in [-0.1, -0.05) is 53.0 Å². The van der Waals surface area contributed by atoms with E-state index >= 15 is 0 Å². The highest BCUT2D eigenvalue weighted by Gasteiger charge is 2.47. The van der Waals surface area contributed by atoms with Crippen LogP contribution in [0.2, 0.25) is 18.1 Å². The van der Waals surface area contributed by atoms with E-state index in [1.54, 1.807) is 12.3 Å². The smallest absolute Gasteiger partial charge is 0.303 e. The number of carbonyl (C=O) groups is 1. The molecule has 0 bridgehead atoms. The molecule has 1 heterocycles. The third-order valence-corrected chi connectivity index (χ3v) is 12.6. The number of unbranched alkanes of at least 4 members (excludes halogenated alkanes) is 2. The van der Waals surface area contributed by atoms with Crippen LogP contribution in [-0.4, -0.2) is 48.6 Å². The van der Waals surface area contributed by atoms with Crippen LogP contribution < -0.4 is 0 Å². The molecule has 0 spiro atoms. The summed E-state index contributed by atoms with van der Waals surface area (Å²) in [5.41, 5.74) is -0.284. The van der Waals surface area contributed by atoms with E-state index in [-0.39, 0.29) is 35.0 Å². The second kappa shape index (κ2) is 12.2. The van der Waals surface area contributed by atoms with Crippen molar-refractivity contribution in [1.82, 2.24) is 0 Å². The average molecular weight is 497 g/mol. The molecule has 0 aromatic rings. The summed E-state index contributed by atoms with van der Waals surface area (Å²) in [6, 6.07) is 0. The van der Waals surface area contributed by atoms with Gasteiger partial charge in [0.25, 0.3) is 0 Å². The summed E-state index contributed by atoms with van der Waals surface area (Å²) in [5.74, 6) is -1.28. The minimum atomic E-state index is -2.00. The summed E-state index contributed by atoms with van der Waals surface area (Å²) in [4.78, 5) is 11.6. The first kappa shape index (κ1) is 29.1. The Balaban J connectivity index is 2.20. The van der Waals surface area contributed by atoms with E-state index in [4.69, 9.17) is 13.9 Å². The molecule has 2 aliphatic rings. The first-order valence-electron chi connectivity index (χ1n) is 13.0. The Morgan fingerprint density at radius 3 is 2.38 bits per heavy atom. The zero-order valence-electron chi connectivity index (χ0n) is 22.4. The lowest BCUT2D eigenvalue weighted by molar-refractivity contribution is -0.140. The fraction of sp³-hybridized carbons (Fsp3) is 0.815.